The fourth-order valence-electron chi connectivity index (χ4n) is 1.91. The van der Waals surface area contributed by atoms with E-state index in [9.17, 15) is 0 Å². The molecule has 2 N–H and O–H groups in total. The van der Waals surface area contributed by atoms with Crippen LogP contribution < -0.4 is 15.4 Å². The van der Waals surface area contributed by atoms with Crippen molar-refractivity contribution in [3.63, 3.8) is 0 Å². The molecule has 0 aromatic heterocycles. The minimum atomic E-state index is 0.489. The van der Waals surface area contributed by atoms with Gasteiger partial charge in [-0.1, -0.05) is 23.7 Å². The Morgan fingerprint density at radius 3 is 2.63 bits per heavy atom. The van der Waals surface area contributed by atoms with Gasteiger partial charge < -0.3 is 15.4 Å². The molecule has 0 aliphatic carbocycles. The van der Waals surface area contributed by atoms with E-state index in [0.717, 1.165) is 22.7 Å². The third kappa shape index (κ3) is 3.00. The highest BCUT2D eigenvalue weighted by molar-refractivity contribution is 6.33. The monoisotopic (exact) mass is 276 g/mol. The maximum Gasteiger partial charge on any atom is 0.120 e. The highest BCUT2D eigenvalue weighted by atomic mass is 35.5. The molecule has 2 rings (SSSR count). The Kier molecular flexibility index (Phi) is 4.30. The normalized spacial score (nSPS) is 10.3. The summed E-state index contributed by atoms with van der Waals surface area (Å²) in [5.41, 5.74) is 8.58. The number of benzene rings is 2. The highest BCUT2D eigenvalue weighted by Crippen LogP contribution is 2.32. The van der Waals surface area contributed by atoms with Crippen LogP contribution in [0, 0.1) is 0 Å². The second-order valence-corrected chi connectivity index (χ2v) is 4.66. The van der Waals surface area contributed by atoms with Crippen LogP contribution >= 0.6 is 11.6 Å². The van der Waals surface area contributed by atoms with Crippen molar-refractivity contribution in [3.05, 3.63) is 53.1 Å². The Labute approximate surface area is 118 Å². The standard InChI is InChI=1S/C15H17ClN2O/c1-18(12-4-3-5-13(9-12)19-2)15-7-6-11(10-17)8-14(15)16/h3-9H,10,17H2,1-2H3. The van der Waals surface area contributed by atoms with Gasteiger partial charge in [-0.3, -0.25) is 0 Å². The van der Waals surface area contributed by atoms with Gasteiger partial charge in [0.1, 0.15) is 5.75 Å². The minimum Gasteiger partial charge on any atom is -0.497 e. The van der Waals surface area contributed by atoms with Crippen molar-refractivity contribution in [2.45, 2.75) is 6.54 Å². The predicted molar refractivity (Wildman–Crippen MR) is 80.4 cm³/mol. The number of anilines is 2. The lowest BCUT2D eigenvalue weighted by atomic mass is 10.2. The first-order chi connectivity index (χ1) is 9.15. The Morgan fingerprint density at radius 2 is 2.00 bits per heavy atom. The third-order valence-electron chi connectivity index (χ3n) is 3.05. The number of nitrogens with two attached hydrogens (primary N) is 1. The van der Waals surface area contributed by atoms with Crippen LogP contribution in [-0.4, -0.2) is 14.2 Å². The molecule has 0 saturated heterocycles. The molecule has 0 unspecified atom stereocenters. The van der Waals surface area contributed by atoms with Crippen molar-refractivity contribution in [2.24, 2.45) is 5.73 Å². The van der Waals surface area contributed by atoms with E-state index in [1.165, 1.54) is 0 Å². The lowest BCUT2D eigenvalue weighted by molar-refractivity contribution is 0.415. The molecule has 0 aliphatic rings. The Balaban J connectivity index is 2.35. The van der Waals surface area contributed by atoms with Crippen molar-refractivity contribution in [1.29, 1.82) is 0 Å². The topological polar surface area (TPSA) is 38.5 Å². The van der Waals surface area contributed by atoms with Gasteiger partial charge >= 0.3 is 0 Å². The summed E-state index contributed by atoms with van der Waals surface area (Å²) < 4.78 is 5.23. The number of hydrogen-bond acceptors (Lipinski definition) is 3. The largest absolute Gasteiger partial charge is 0.497 e. The molecule has 0 fully saturated rings. The summed E-state index contributed by atoms with van der Waals surface area (Å²) in [4.78, 5) is 2.02. The third-order valence-corrected chi connectivity index (χ3v) is 3.35. The zero-order chi connectivity index (χ0) is 13.8. The predicted octanol–water partition coefficient (Wildman–Crippen LogP) is 3.58. The van der Waals surface area contributed by atoms with Crippen LogP contribution in [0.4, 0.5) is 11.4 Å². The molecule has 0 heterocycles. The summed E-state index contributed by atoms with van der Waals surface area (Å²) in [5.74, 6) is 0.819. The zero-order valence-electron chi connectivity index (χ0n) is 11.1. The molecule has 2 aromatic rings. The molecule has 4 heteroatoms. The average molecular weight is 277 g/mol. The zero-order valence-corrected chi connectivity index (χ0v) is 11.8. The van der Waals surface area contributed by atoms with Gasteiger partial charge in [0, 0.05) is 25.3 Å². The van der Waals surface area contributed by atoms with Crippen LogP contribution in [-0.2, 0) is 6.54 Å². The molecule has 3 nitrogen and oxygen atoms in total. The smallest absolute Gasteiger partial charge is 0.120 e. The summed E-state index contributed by atoms with van der Waals surface area (Å²) in [7, 11) is 3.63. The van der Waals surface area contributed by atoms with Gasteiger partial charge in [-0.05, 0) is 29.8 Å². The average Bonchev–Trinajstić information content (AvgIpc) is 2.46. The first-order valence-electron chi connectivity index (χ1n) is 6.02. The van der Waals surface area contributed by atoms with E-state index in [1.807, 2.05) is 54.4 Å². The Hall–Kier alpha value is -1.71. The number of halogens is 1. The molecule has 0 aliphatic heterocycles. The summed E-state index contributed by atoms with van der Waals surface area (Å²) in [6.45, 7) is 0.489. The van der Waals surface area contributed by atoms with E-state index in [1.54, 1.807) is 7.11 Å². The van der Waals surface area contributed by atoms with Gasteiger partial charge in [0.15, 0.2) is 0 Å². The van der Waals surface area contributed by atoms with Crippen LogP contribution in [0.15, 0.2) is 42.5 Å². The first-order valence-corrected chi connectivity index (χ1v) is 6.39. The van der Waals surface area contributed by atoms with Crippen LogP contribution in [0.3, 0.4) is 0 Å². The SMILES string of the molecule is COc1cccc(N(C)c2ccc(CN)cc2Cl)c1. The highest BCUT2D eigenvalue weighted by Gasteiger charge is 2.09. The van der Waals surface area contributed by atoms with Gasteiger partial charge in [-0.2, -0.15) is 0 Å². The van der Waals surface area contributed by atoms with E-state index >= 15 is 0 Å². The van der Waals surface area contributed by atoms with Crippen LogP contribution in [0.5, 0.6) is 5.75 Å². The molecule has 0 amide bonds. The van der Waals surface area contributed by atoms with Gasteiger partial charge in [0.05, 0.1) is 17.8 Å². The second kappa shape index (κ2) is 5.95. The molecule has 100 valence electrons. The van der Waals surface area contributed by atoms with Gasteiger partial charge in [-0.25, -0.2) is 0 Å². The molecule has 0 saturated carbocycles. The quantitative estimate of drug-likeness (QED) is 0.928. The maximum absolute atomic E-state index is 6.30. The van der Waals surface area contributed by atoms with E-state index in [4.69, 9.17) is 22.1 Å². The van der Waals surface area contributed by atoms with Crippen LogP contribution in [0.2, 0.25) is 5.02 Å². The molecule has 0 spiro atoms. The van der Waals surface area contributed by atoms with Crippen molar-refractivity contribution in [2.75, 3.05) is 19.1 Å². The van der Waals surface area contributed by atoms with E-state index < -0.39 is 0 Å². The molecular formula is C15H17ClN2O. The fraction of sp³-hybridized carbons (Fsp3) is 0.200. The summed E-state index contributed by atoms with van der Waals surface area (Å²) in [5, 5.41) is 0.688. The lowest BCUT2D eigenvalue weighted by Gasteiger charge is -2.21. The number of methoxy groups -OCH3 is 1. The van der Waals surface area contributed by atoms with E-state index in [-0.39, 0.29) is 0 Å². The molecular weight excluding hydrogens is 260 g/mol. The molecule has 2 aromatic carbocycles. The fourth-order valence-corrected chi connectivity index (χ4v) is 2.24. The van der Waals surface area contributed by atoms with Gasteiger partial charge in [0.25, 0.3) is 0 Å². The van der Waals surface area contributed by atoms with Gasteiger partial charge in [-0.15, -0.1) is 0 Å². The van der Waals surface area contributed by atoms with E-state index in [0.29, 0.717) is 11.6 Å². The van der Waals surface area contributed by atoms with Crippen molar-refractivity contribution >= 4 is 23.0 Å². The van der Waals surface area contributed by atoms with Crippen LogP contribution in [0.1, 0.15) is 5.56 Å². The van der Waals surface area contributed by atoms with Crippen molar-refractivity contribution < 1.29 is 4.74 Å². The molecule has 19 heavy (non-hydrogen) atoms. The van der Waals surface area contributed by atoms with Gasteiger partial charge in [0.2, 0.25) is 0 Å². The number of nitrogens with zero attached hydrogens (tertiary/aromatic N) is 1. The molecule has 0 radical (unpaired) electrons. The second-order valence-electron chi connectivity index (χ2n) is 4.25. The molecule has 0 atom stereocenters. The number of ether oxygens (including phenoxy) is 1. The Morgan fingerprint density at radius 1 is 1.21 bits per heavy atom. The number of hydrogen-bond donors (Lipinski definition) is 1. The summed E-state index contributed by atoms with van der Waals surface area (Å²) >= 11 is 6.30. The summed E-state index contributed by atoms with van der Waals surface area (Å²) in [6.07, 6.45) is 0. The molecule has 0 bridgehead atoms. The van der Waals surface area contributed by atoms with Crippen molar-refractivity contribution in [1.82, 2.24) is 0 Å². The summed E-state index contributed by atoms with van der Waals surface area (Å²) in [6, 6.07) is 13.7. The number of rotatable bonds is 4. The Bertz CT molecular complexity index is 572. The maximum atomic E-state index is 6.30. The lowest BCUT2D eigenvalue weighted by Crippen LogP contribution is -2.10. The van der Waals surface area contributed by atoms with Crippen molar-refractivity contribution in [3.8, 4) is 5.75 Å². The first kappa shape index (κ1) is 13.7. The van der Waals surface area contributed by atoms with E-state index in [2.05, 4.69) is 0 Å². The minimum absolute atomic E-state index is 0.489. The van der Waals surface area contributed by atoms with Crippen LogP contribution in [0.25, 0.3) is 0 Å².